The van der Waals surface area contributed by atoms with Crippen molar-refractivity contribution >= 4 is 5.91 Å². The first-order valence-electron chi connectivity index (χ1n) is 11.2. The topological polar surface area (TPSA) is 39.7 Å². The number of hydrogen-bond donors (Lipinski definition) is 0. The van der Waals surface area contributed by atoms with E-state index in [0.29, 0.717) is 5.69 Å². The number of carbonyl (C=O) groups excluding carboxylic acids is 1. The first kappa shape index (κ1) is 24.6. The second-order valence-corrected chi connectivity index (χ2v) is 7.77. The molecule has 0 bridgehead atoms. The number of hydrogen-bond acceptors (Lipinski definition) is 4. The Morgan fingerprint density at radius 1 is 1.04 bits per heavy atom. The van der Waals surface area contributed by atoms with Crippen molar-refractivity contribution in [2.45, 2.75) is 53.9 Å². The van der Waals surface area contributed by atoms with E-state index < -0.39 is 0 Å². The predicted molar refractivity (Wildman–Crippen MR) is 119 cm³/mol. The van der Waals surface area contributed by atoms with Crippen LogP contribution < -0.4 is 0 Å². The highest BCUT2D eigenvalue weighted by molar-refractivity contribution is 5.92. The summed E-state index contributed by atoms with van der Waals surface area (Å²) in [6.45, 7) is 17.9. The van der Waals surface area contributed by atoms with Crippen LogP contribution in [0.2, 0.25) is 0 Å². The van der Waals surface area contributed by atoms with E-state index in [1.165, 1.54) is 39.1 Å². The minimum Gasteiger partial charge on any atom is -0.337 e. The van der Waals surface area contributed by atoms with Gasteiger partial charge in [-0.25, -0.2) is 0 Å². The van der Waals surface area contributed by atoms with Crippen LogP contribution in [0.25, 0.3) is 0 Å². The Hall–Kier alpha value is -1.46. The number of pyridine rings is 1. The van der Waals surface area contributed by atoms with E-state index in [-0.39, 0.29) is 5.91 Å². The lowest BCUT2D eigenvalue weighted by Gasteiger charge is -2.37. The molecule has 0 radical (unpaired) electrons. The van der Waals surface area contributed by atoms with Gasteiger partial charge in [-0.1, -0.05) is 40.2 Å². The SMILES string of the molecule is CC.CCC.Cc1ccc(C(=O)N2CCC(CN3CCN(C)CC3)CC2)nc1. The van der Waals surface area contributed by atoms with E-state index in [9.17, 15) is 4.79 Å². The van der Waals surface area contributed by atoms with E-state index in [4.69, 9.17) is 0 Å². The van der Waals surface area contributed by atoms with Gasteiger partial charge < -0.3 is 14.7 Å². The normalized spacial score (nSPS) is 18.6. The molecular formula is C23H42N4O. The number of aromatic nitrogens is 1. The molecule has 5 nitrogen and oxygen atoms in total. The van der Waals surface area contributed by atoms with Gasteiger partial charge in [-0.15, -0.1) is 0 Å². The van der Waals surface area contributed by atoms with Crippen LogP contribution in [0.1, 0.15) is 63.0 Å². The molecule has 28 heavy (non-hydrogen) atoms. The summed E-state index contributed by atoms with van der Waals surface area (Å²) in [6, 6.07) is 3.80. The fraction of sp³-hybridized carbons (Fsp3) is 0.739. The Kier molecular flexibility index (Phi) is 12.0. The van der Waals surface area contributed by atoms with Crippen molar-refractivity contribution in [3.63, 3.8) is 0 Å². The predicted octanol–water partition coefficient (Wildman–Crippen LogP) is 3.93. The standard InChI is InChI=1S/C18H28N4O.C3H8.C2H6/c1-15-3-4-17(19-13-15)18(23)22-7-5-16(6-8-22)14-21-11-9-20(2)10-12-21;1-3-2;1-2/h3-4,13,16H,5-12,14H2,1-2H3;3H2,1-2H3;1-2H3. The van der Waals surface area contributed by atoms with Gasteiger partial charge in [-0.05, 0) is 44.4 Å². The average Bonchev–Trinajstić information content (AvgIpc) is 2.72. The lowest BCUT2D eigenvalue weighted by atomic mass is 9.95. The van der Waals surface area contributed by atoms with Crippen molar-refractivity contribution in [3.05, 3.63) is 29.6 Å². The van der Waals surface area contributed by atoms with Crippen LogP contribution in [0.5, 0.6) is 0 Å². The van der Waals surface area contributed by atoms with Crippen LogP contribution >= 0.6 is 0 Å². The quantitative estimate of drug-likeness (QED) is 0.784. The highest BCUT2D eigenvalue weighted by atomic mass is 16.2. The van der Waals surface area contributed by atoms with E-state index in [0.717, 1.165) is 37.4 Å². The second kappa shape index (κ2) is 13.7. The average molecular weight is 391 g/mol. The summed E-state index contributed by atoms with van der Waals surface area (Å²) >= 11 is 0. The van der Waals surface area contributed by atoms with Crippen LogP contribution in [0.4, 0.5) is 0 Å². The minimum absolute atomic E-state index is 0.0862. The number of nitrogens with zero attached hydrogens (tertiary/aromatic N) is 4. The van der Waals surface area contributed by atoms with Crippen molar-refractivity contribution in [2.24, 2.45) is 5.92 Å². The third kappa shape index (κ3) is 8.27. The fourth-order valence-corrected chi connectivity index (χ4v) is 3.47. The first-order chi connectivity index (χ1) is 13.5. The van der Waals surface area contributed by atoms with Gasteiger partial charge in [0.25, 0.3) is 5.91 Å². The van der Waals surface area contributed by atoms with Crippen LogP contribution in [-0.4, -0.2) is 78.5 Å². The number of rotatable bonds is 3. The summed E-state index contributed by atoms with van der Waals surface area (Å²) in [6.07, 6.45) is 5.25. The summed E-state index contributed by atoms with van der Waals surface area (Å²) in [4.78, 5) is 23.7. The lowest BCUT2D eigenvalue weighted by molar-refractivity contribution is 0.0638. The molecule has 0 N–H and O–H groups in total. The summed E-state index contributed by atoms with van der Waals surface area (Å²) in [5.41, 5.74) is 1.67. The molecular weight excluding hydrogens is 348 g/mol. The zero-order chi connectivity index (χ0) is 20.9. The first-order valence-corrected chi connectivity index (χ1v) is 11.2. The highest BCUT2D eigenvalue weighted by Crippen LogP contribution is 2.20. The zero-order valence-electron chi connectivity index (χ0n) is 19.1. The Morgan fingerprint density at radius 2 is 1.61 bits per heavy atom. The molecule has 1 aromatic heterocycles. The number of likely N-dealkylation sites (N-methyl/N-ethyl adjacent to an activating group) is 1. The molecule has 0 saturated carbocycles. The second-order valence-electron chi connectivity index (χ2n) is 7.77. The van der Waals surface area contributed by atoms with Gasteiger partial charge >= 0.3 is 0 Å². The Bertz CT molecular complexity index is 530. The monoisotopic (exact) mass is 390 g/mol. The third-order valence-corrected chi connectivity index (χ3v) is 5.14. The lowest BCUT2D eigenvalue weighted by Crippen LogP contribution is -2.48. The van der Waals surface area contributed by atoms with Crippen LogP contribution in [0, 0.1) is 12.8 Å². The van der Waals surface area contributed by atoms with Crippen molar-refractivity contribution in [2.75, 3.05) is 52.9 Å². The van der Waals surface area contributed by atoms with Gasteiger partial charge in [-0.2, -0.15) is 0 Å². The smallest absolute Gasteiger partial charge is 0.272 e. The summed E-state index contributed by atoms with van der Waals surface area (Å²) < 4.78 is 0. The molecule has 2 fully saturated rings. The Balaban J connectivity index is 0.000000717. The molecule has 0 aromatic carbocycles. The molecule has 160 valence electrons. The molecule has 1 aromatic rings. The number of amides is 1. The van der Waals surface area contributed by atoms with Crippen LogP contribution in [0.3, 0.4) is 0 Å². The minimum atomic E-state index is 0.0862. The molecule has 0 atom stereocenters. The van der Waals surface area contributed by atoms with Crippen molar-refractivity contribution in [1.29, 1.82) is 0 Å². The Morgan fingerprint density at radius 3 is 2.11 bits per heavy atom. The maximum atomic E-state index is 12.5. The largest absolute Gasteiger partial charge is 0.337 e. The van der Waals surface area contributed by atoms with Gasteiger partial charge in [0.2, 0.25) is 0 Å². The molecule has 0 spiro atoms. The van der Waals surface area contributed by atoms with Gasteiger partial charge in [0.1, 0.15) is 5.69 Å². The Labute approximate surface area is 173 Å². The third-order valence-electron chi connectivity index (χ3n) is 5.14. The van der Waals surface area contributed by atoms with Crippen molar-refractivity contribution < 1.29 is 4.79 Å². The van der Waals surface area contributed by atoms with Gasteiger partial charge in [0.05, 0.1) is 0 Å². The van der Waals surface area contributed by atoms with Crippen LogP contribution in [0.15, 0.2) is 18.3 Å². The molecule has 0 aliphatic carbocycles. The molecule has 0 unspecified atom stereocenters. The highest BCUT2D eigenvalue weighted by Gasteiger charge is 2.26. The number of likely N-dealkylation sites (tertiary alicyclic amines) is 1. The summed E-state index contributed by atoms with van der Waals surface area (Å²) in [5.74, 6) is 0.816. The molecule has 1 amide bonds. The van der Waals surface area contributed by atoms with E-state index in [1.54, 1.807) is 6.20 Å². The van der Waals surface area contributed by atoms with Crippen molar-refractivity contribution in [1.82, 2.24) is 19.7 Å². The fourth-order valence-electron chi connectivity index (χ4n) is 3.47. The zero-order valence-corrected chi connectivity index (χ0v) is 19.1. The van der Waals surface area contributed by atoms with E-state index in [2.05, 4.69) is 35.7 Å². The van der Waals surface area contributed by atoms with Gasteiger partial charge in [-0.3, -0.25) is 9.78 Å². The molecule has 5 heteroatoms. The number of piperidine rings is 1. The molecule has 3 rings (SSSR count). The molecule has 2 aliphatic heterocycles. The van der Waals surface area contributed by atoms with Gasteiger partial charge in [0, 0.05) is 52.0 Å². The number of carbonyl (C=O) groups is 1. The van der Waals surface area contributed by atoms with Crippen molar-refractivity contribution in [3.8, 4) is 0 Å². The van der Waals surface area contributed by atoms with Crippen LogP contribution in [-0.2, 0) is 0 Å². The maximum absolute atomic E-state index is 12.5. The molecule has 2 aliphatic rings. The maximum Gasteiger partial charge on any atom is 0.272 e. The molecule has 3 heterocycles. The number of piperazine rings is 1. The van der Waals surface area contributed by atoms with Gasteiger partial charge in [0.15, 0.2) is 0 Å². The molecule has 2 saturated heterocycles. The van der Waals surface area contributed by atoms with E-state index in [1.807, 2.05) is 37.8 Å². The summed E-state index contributed by atoms with van der Waals surface area (Å²) in [5, 5.41) is 0. The van der Waals surface area contributed by atoms with E-state index >= 15 is 0 Å². The summed E-state index contributed by atoms with van der Waals surface area (Å²) in [7, 11) is 2.19. The number of aryl methyl sites for hydroxylation is 1.